The summed E-state index contributed by atoms with van der Waals surface area (Å²) < 4.78 is 27.4. The molecule has 0 unspecified atom stereocenters. The average Bonchev–Trinajstić information content (AvgIpc) is 3.19. The van der Waals surface area contributed by atoms with Gasteiger partial charge < -0.3 is 5.32 Å². The van der Waals surface area contributed by atoms with Crippen molar-refractivity contribution < 1.29 is 13.2 Å². The van der Waals surface area contributed by atoms with Gasteiger partial charge in [0, 0.05) is 37.9 Å². The first-order valence-electron chi connectivity index (χ1n) is 9.14. The molecule has 2 heterocycles. The molecule has 4 rings (SSSR count). The fourth-order valence-electron chi connectivity index (χ4n) is 3.97. The van der Waals surface area contributed by atoms with Crippen molar-refractivity contribution in [1.29, 1.82) is 0 Å². The maximum atomic E-state index is 12.9. The lowest BCUT2D eigenvalue weighted by Crippen LogP contribution is -2.31. The Kier molecular flexibility index (Phi) is 4.52. The predicted octanol–water partition coefficient (Wildman–Crippen LogP) is 2.11. The third-order valence-electron chi connectivity index (χ3n) is 5.67. The summed E-state index contributed by atoms with van der Waals surface area (Å²) in [6, 6.07) is 10.7. The van der Waals surface area contributed by atoms with Gasteiger partial charge in [-0.1, -0.05) is 18.2 Å². The molecule has 7 heteroatoms. The number of carbonyl (C=O) groups excluding carboxylic acids is 1. The van der Waals surface area contributed by atoms with Gasteiger partial charge in [-0.15, -0.1) is 0 Å². The smallest absolute Gasteiger partial charge is 0.243 e. The molecule has 1 saturated heterocycles. The second-order valence-corrected chi connectivity index (χ2v) is 9.54. The number of aryl methyl sites for hydroxylation is 1. The summed E-state index contributed by atoms with van der Waals surface area (Å²) in [7, 11) is -3.50. The van der Waals surface area contributed by atoms with E-state index in [2.05, 4.69) is 10.3 Å². The van der Waals surface area contributed by atoms with Crippen molar-refractivity contribution in [3.63, 3.8) is 0 Å². The molecule has 1 aliphatic heterocycles. The van der Waals surface area contributed by atoms with Crippen LogP contribution in [0.4, 0.5) is 0 Å². The summed E-state index contributed by atoms with van der Waals surface area (Å²) in [5.41, 5.74) is 1.68. The van der Waals surface area contributed by atoms with Gasteiger partial charge in [-0.25, -0.2) is 8.42 Å². The minimum Gasteiger partial charge on any atom is -0.352 e. The monoisotopic (exact) mass is 385 g/mol. The molecule has 2 aromatic rings. The SMILES string of the molecule is Cc1cccc(S(=O)(=O)N2CC[C@]3(C[C@H]3C(=O)NCc3cccnc3)C2)c1. The molecule has 2 aliphatic rings. The zero-order valence-electron chi connectivity index (χ0n) is 15.3. The molecule has 0 bridgehead atoms. The van der Waals surface area contributed by atoms with Gasteiger partial charge >= 0.3 is 0 Å². The number of hydrogen-bond acceptors (Lipinski definition) is 4. The highest BCUT2D eigenvalue weighted by Gasteiger charge is 2.62. The standard InChI is InChI=1S/C20H23N3O3S/c1-15-4-2-6-17(10-15)27(25,26)23-9-7-20(14-23)11-18(20)19(24)22-13-16-5-3-8-21-12-16/h2-6,8,10,12,18H,7,9,11,13-14H2,1H3,(H,22,24)/t18-,20-/m0/s1. The highest BCUT2D eigenvalue weighted by atomic mass is 32.2. The number of nitrogens with zero attached hydrogens (tertiary/aromatic N) is 2. The Morgan fingerprint density at radius 2 is 2.19 bits per heavy atom. The quantitative estimate of drug-likeness (QED) is 0.855. The van der Waals surface area contributed by atoms with Crippen LogP contribution in [0.3, 0.4) is 0 Å². The van der Waals surface area contributed by atoms with Crippen LogP contribution in [0.2, 0.25) is 0 Å². The molecular weight excluding hydrogens is 362 g/mol. The Labute approximate surface area is 159 Å². The molecule has 1 amide bonds. The average molecular weight is 385 g/mol. The molecular formula is C20H23N3O3S. The van der Waals surface area contributed by atoms with Gasteiger partial charge in [0.1, 0.15) is 0 Å². The van der Waals surface area contributed by atoms with E-state index in [-0.39, 0.29) is 17.2 Å². The molecule has 1 aromatic heterocycles. The number of nitrogens with one attached hydrogen (secondary N) is 1. The minimum absolute atomic E-state index is 0.00802. The summed E-state index contributed by atoms with van der Waals surface area (Å²) in [6.45, 7) is 3.23. The lowest BCUT2D eigenvalue weighted by Gasteiger charge is -2.17. The first kappa shape index (κ1) is 18.1. The van der Waals surface area contributed by atoms with Crippen LogP contribution in [0.5, 0.6) is 0 Å². The molecule has 2 fully saturated rings. The van der Waals surface area contributed by atoms with E-state index in [1.54, 1.807) is 30.6 Å². The van der Waals surface area contributed by atoms with E-state index in [1.807, 2.05) is 25.1 Å². The van der Waals surface area contributed by atoms with Crippen molar-refractivity contribution in [3.05, 3.63) is 59.9 Å². The molecule has 1 saturated carbocycles. The zero-order chi connectivity index (χ0) is 19.1. The van der Waals surface area contributed by atoms with Gasteiger partial charge in [-0.3, -0.25) is 9.78 Å². The van der Waals surface area contributed by atoms with Crippen LogP contribution in [0.25, 0.3) is 0 Å². The fourth-order valence-corrected chi connectivity index (χ4v) is 5.61. The molecule has 27 heavy (non-hydrogen) atoms. The number of carbonyl (C=O) groups is 1. The Morgan fingerprint density at radius 1 is 1.33 bits per heavy atom. The van der Waals surface area contributed by atoms with E-state index in [0.29, 0.717) is 24.5 Å². The van der Waals surface area contributed by atoms with Crippen molar-refractivity contribution in [2.45, 2.75) is 31.2 Å². The van der Waals surface area contributed by atoms with Crippen LogP contribution < -0.4 is 5.32 Å². The molecule has 1 N–H and O–H groups in total. The van der Waals surface area contributed by atoms with E-state index < -0.39 is 10.0 Å². The Hall–Kier alpha value is -2.25. The molecule has 1 aliphatic carbocycles. The largest absolute Gasteiger partial charge is 0.352 e. The maximum Gasteiger partial charge on any atom is 0.243 e. The first-order chi connectivity index (χ1) is 12.9. The molecule has 1 spiro atoms. The van der Waals surface area contributed by atoms with Crippen LogP contribution in [0.1, 0.15) is 24.0 Å². The molecule has 6 nitrogen and oxygen atoms in total. The van der Waals surface area contributed by atoms with Crippen molar-refractivity contribution >= 4 is 15.9 Å². The van der Waals surface area contributed by atoms with Gasteiger partial charge in [0.2, 0.25) is 15.9 Å². The number of benzene rings is 1. The molecule has 0 radical (unpaired) electrons. The number of sulfonamides is 1. The lowest BCUT2D eigenvalue weighted by molar-refractivity contribution is -0.123. The zero-order valence-corrected chi connectivity index (χ0v) is 16.1. The highest BCUT2D eigenvalue weighted by molar-refractivity contribution is 7.89. The summed E-state index contributed by atoms with van der Waals surface area (Å²) in [6.07, 6.45) is 4.92. The van der Waals surface area contributed by atoms with E-state index in [1.165, 1.54) is 4.31 Å². The van der Waals surface area contributed by atoms with Crippen LogP contribution in [0.15, 0.2) is 53.7 Å². The summed E-state index contributed by atoms with van der Waals surface area (Å²) >= 11 is 0. The van der Waals surface area contributed by atoms with Gasteiger partial charge in [-0.2, -0.15) is 4.31 Å². The van der Waals surface area contributed by atoms with Crippen LogP contribution >= 0.6 is 0 Å². The Bertz CT molecular complexity index is 961. The Balaban J connectivity index is 1.39. The third kappa shape index (κ3) is 3.49. The topological polar surface area (TPSA) is 79.4 Å². The number of aromatic nitrogens is 1. The van der Waals surface area contributed by atoms with Gasteiger partial charge in [0.15, 0.2) is 0 Å². The summed E-state index contributed by atoms with van der Waals surface area (Å²) in [4.78, 5) is 16.9. The van der Waals surface area contributed by atoms with Crippen molar-refractivity contribution in [2.75, 3.05) is 13.1 Å². The van der Waals surface area contributed by atoms with E-state index in [4.69, 9.17) is 0 Å². The second-order valence-electron chi connectivity index (χ2n) is 7.60. The van der Waals surface area contributed by atoms with E-state index in [9.17, 15) is 13.2 Å². The minimum atomic E-state index is -3.50. The number of pyridine rings is 1. The predicted molar refractivity (Wildman–Crippen MR) is 101 cm³/mol. The molecule has 1 aromatic carbocycles. The van der Waals surface area contributed by atoms with Crippen molar-refractivity contribution in [2.24, 2.45) is 11.3 Å². The maximum absolute atomic E-state index is 12.9. The number of hydrogen-bond donors (Lipinski definition) is 1. The van der Waals surface area contributed by atoms with E-state index in [0.717, 1.165) is 24.0 Å². The van der Waals surface area contributed by atoms with Crippen LogP contribution in [-0.2, 0) is 21.4 Å². The van der Waals surface area contributed by atoms with Crippen molar-refractivity contribution in [1.82, 2.24) is 14.6 Å². The van der Waals surface area contributed by atoms with Crippen molar-refractivity contribution in [3.8, 4) is 0 Å². The van der Waals surface area contributed by atoms with Crippen LogP contribution in [-0.4, -0.2) is 36.7 Å². The lowest BCUT2D eigenvalue weighted by atomic mass is 10.0. The summed E-state index contributed by atoms with van der Waals surface area (Å²) in [5, 5.41) is 2.96. The van der Waals surface area contributed by atoms with Gasteiger partial charge in [0.05, 0.1) is 4.90 Å². The highest BCUT2D eigenvalue weighted by Crippen LogP contribution is 2.59. The summed E-state index contributed by atoms with van der Waals surface area (Å²) in [5.74, 6) is -0.0967. The number of amides is 1. The number of rotatable bonds is 5. The fraction of sp³-hybridized carbons (Fsp3) is 0.400. The Morgan fingerprint density at radius 3 is 2.93 bits per heavy atom. The molecule has 2 atom stereocenters. The normalized spacial score (nSPS) is 24.9. The first-order valence-corrected chi connectivity index (χ1v) is 10.6. The van der Waals surface area contributed by atoms with E-state index >= 15 is 0 Å². The molecule has 142 valence electrons. The van der Waals surface area contributed by atoms with Crippen LogP contribution in [0, 0.1) is 18.3 Å². The van der Waals surface area contributed by atoms with Gasteiger partial charge in [0.25, 0.3) is 0 Å². The van der Waals surface area contributed by atoms with Gasteiger partial charge in [-0.05, 0) is 54.5 Å². The third-order valence-corrected chi connectivity index (χ3v) is 7.51. The second kappa shape index (κ2) is 6.73.